The van der Waals surface area contributed by atoms with Crippen molar-refractivity contribution >= 4 is 43.2 Å². The third-order valence-corrected chi connectivity index (χ3v) is 8.32. The summed E-state index contributed by atoms with van der Waals surface area (Å²) in [4.78, 5) is 12.5. The van der Waals surface area contributed by atoms with Gasteiger partial charge in [0.2, 0.25) is 10.0 Å². The highest BCUT2D eigenvalue weighted by Crippen LogP contribution is 2.31. The Kier molecular flexibility index (Phi) is 6.99. The van der Waals surface area contributed by atoms with E-state index < -0.39 is 16.1 Å². The van der Waals surface area contributed by atoms with Gasteiger partial charge in [-0.2, -0.15) is 0 Å². The highest BCUT2D eigenvalue weighted by Gasteiger charge is 2.22. The predicted molar refractivity (Wildman–Crippen MR) is 135 cm³/mol. The molecule has 0 aliphatic heterocycles. The third-order valence-electron chi connectivity index (χ3n) is 5.47. The monoisotopic (exact) mass is 518 g/mol. The predicted octanol–water partition coefficient (Wildman–Crippen LogP) is 4.82. The summed E-state index contributed by atoms with van der Waals surface area (Å²) in [5.74, 6) is 1.13. The van der Waals surface area contributed by atoms with Gasteiger partial charge in [-0.1, -0.05) is 41.1 Å². The van der Waals surface area contributed by atoms with Crippen molar-refractivity contribution in [2.45, 2.75) is 24.4 Å². The van der Waals surface area contributed by atoms with Gasteiger partial charge >= 0.3 is 4.87 Å². The minimum absolute atomic E-state index is 0.0693. The summed E-state index contributed by atoms with van der Waals surface area (Å²) in [6, 6.07) is 16.6. The number of nitrogens with zero attached hydrogens (tertiary/aromatic N) is 1. The average Bonchev–Trinajstić information content (AvgIpc) is 3.13. The number of fused-ring (bicyclic) bond motifs is 1. The molecule has 10 heteroatoms. The van der Waals surface area contributed by atoms with Crippen LogP contribution in [0.15, 0.2) is 70.4 Å². The molecule has 0 spiro atoms. The number of thiazole rings is 1. The number of hydrogen-bond donors (Lipinski definition) is 1. The lowest BCUT2D eigenvalue weighted by Gasteiger charge is -2.18. The van der Waals surface area contributed by atoms with Gasteiger partial charge in [-0.05, 0) is 55.0 Å². The number of aromatic nitrogens is 1. The molecule has 1 aromatic heterocycles. The minimum Gasteiger partial charge on any atom is -0.497 e. The first-order chi connectivity index (χ1) is 16.2. The van der Waals surface area contributed by atoms with Crippen LogP contribution in [0.3, 0.4) is 0 Å². The Hall–Kier alpha value is -2.85. The molecule has 0 aliphatic rings. The van der Waals surface area contributed by atoms with Gasteiger partial charge in [0.25, 0.3) is 0 Å². The van der Waals surface area contributed by atoms with Crippen molar-refractivity contribution in [3.8, 4) is 11.5 Å². The number of rotatable bonds is 8. The van der Waals surface area contributed by atoms with Crippen LogP contribution in [0.4, 0.5) is 0 Å². The van der Waals surface area contributed by atoms with E-state index >= 15 is 0 Å². The fourth-order valence-corrected chi connectivity index (χ4v) is 6.15. The van der Waals surface area contributed by atoms with Gasteiger partial charge in [0.1, 0.15) is 11.5 Å². The number of hydrogen-bond acceptors (Lipinski definition) is 6. The zero-order valence-electron chi connectivity index (χ0n) is 18.7. The first-order valence-corrected chi connectivity index (χ1v) is 13.0. The molecule has 0 saturated carbocycles. The van der Waals surface area contributed by atoms with Crippen molar-refractivity contribution in [2.24, 2.45) is 0 Å². The average molecular weight is 519 g/mol. The molecule has 1 atom stereocenters. The van der Waals surface area contributed by atoms with E-state index in [1.165, 1.54) is 19.2 Å². The summed E-state index contributed by atoms with van der Waals surface area (Å²) in [5.41, 5.74) is 2.10. The van der Waals surface area contributed by atoms with Crippen LogP contribution in [0.1, 0.15) is 24.1 Å². The van der Waals surface area contributed by atoms with Crippen molar-refractivity contribution < 1.29 is 17.9 Å². The molecule has 7 nitrogen and oxygen atoms in total. The van der Waals surface area contributed by atoms with Crippen LogP contribution in [0.25, 0.3) is 10.2 Å². The highest BCUT2D eigenvalue weighted by molar-refractivity contribution is 7.89. The summed E-state index contributed by atoms with van der Waals surface area (Å²) in [6.07, 6.45) is 0. The molecule has 0 bridgehead atoms. The van der Waals surface area contributed by atoms with E-state index in [2.05, 4.69) is 4.72 Å². The summed E-state index contributed by atoms with van der Waals surface area (Å²) >= 11 is 7.25. The lowest BCUT2D eigenvalue weighted by Crippen LogP contribution is -2.27. The molecule has 34 heavy (non-hydrogen) atoms. The molecule has 0 fully saturated rings. The van der Waals surface area contributed by atoms with Crippen LogP contribution in [0, 0.1) is 0 Å². The molecule has 0 radical (unpaired) electrons. The number of benzene rings is 3. The van der Waals surface area contributed by atoms with E-state index in [1.807, 2.05) is 18.2 Å². The van der Waals surface area contributed by atoms with Gasteiger partial charge in [0.15, 0.2) is 0 Å². The Bertz CT molecular complexity index is 1510. The normalized spacial score (nSPS) is 12.6. The molecule has 0 aliphatic carbocycles. The van der Waals surface area contributed by atoms with Gasteiger partial charge in [-0.25, -0.2) is 13.1 Å². The molecule has 0 unspecified atom stereocenters. The second-order valence-corrected chi connectivity index (χ2v) is 10.7. The maximum atomic E-state index is 13.2. The fraction of sp³-hybridized carbons (Fsp3) is 0.208. The third kappa shape index (κ3) is 4.83. The maximum Gasteiger partial charge on any atom is 0.308 e. The van der Waals surface area contributed by atoms with Gasteiger partial charge < -0.3 is 9.47 Å². The van der Waals surface area contributed by atoms with Crippen molar-refractivity contribution in [2.75, 3.05) is 14.2 Å². The molecule has 0 saturated heterocycles. The Morgan fingerprint density at radius 3 is 2.53 bits per heavy atom. The highest BCUT2D eigenvalue weighted by atomic mass is 35.5. The molecule has 4 aromatic rings. The van der Waals surface area contributed by atoms with Crippen LogP contribution in [0.2, 0.25) is 5.02 Å². The molecular weight excluding hydrogens is 496 g/mol. The lowest BCUT2D eigenvalue weighted by atomic mass is 10.1. The van der Waals surface area contributed by atoms with E-state index in [0.29, 0.717) is 38.8 Å². The quantitative estimate of drug-likeness (QED) is 0.361. The molecule has 3 aromatic carbocycles. The lowest BCUT2D eigenvalue weighted by molar-refractivity contribution is 0.395. The second kappa shape index (κ2) is 9.79. The molecule has 4 rings (SSSR count). The Morgan fingerprint density at radius 2 is 1.82 bits per heavy atom. The van der Waals surface area contributed by atoms with Crippen molar-refractivity contribution in [1.29, 1.82) is 0 Å². The van der Waals surface area contributed by atoms with E-state index in [-0.39, 0.29) is 9.77 Å². The van der Waals surface area contributed by atoms with Crippen LogP contribution in [-0.2, 0) is 16.6 Å². The second-order valence-electron chi connectivity index (χ2n) is 7.63. The number of sulfonamides is 1. The fourth-order valence-electron chi connectivity index (χ4n) is 3.70. The zero-order chi connectivity index (χ0) is 24.5. The summed E-state index contributed by atoms with van der Waals surface area (Å²) in [5, 5.41) is 0.569. The van der Waals surface area contributed by atoms with Crippen LogP contribution < -0.4 is 19.1 Å². The number of halogens is 1. The number of methoxy groups -OCH3 is 2. The zero-order valence-corrected chi connectivity index (χ0v) is 21.1. The Morgan fingerprint density at radius 1 is 1.06 bits per heavy atom. The van der Waals surface area contributed by atoms with Crippen LogP contribution in [0.5, 0.6) is 11.5 Å². The first-order valence-electron chi connectivity index (χ1n) is 10.3. The van der Waals surface area contributed by atoms with Crippen molar-refractivity contribution in [1.82, 2.24) is 9.29 Å². The summed E-state index contributed by atoms with van der Waals surface area (Å²) < 4.78 is 41.8. The molecule has 0 amide bonds. The van der Waals surface area contributed by atoms with Gasteiger partial charge in [0.05, 0.1) is 35.9 Å². The standard InChI is InChI=1S/C24H23ClN2O5S2/c1-15(19-12-17(31-2)8-11-22(19)32-3)26-34(29,30)18-9-10-21-23(13-18)33-24(28)27(21)14-16-6-4-5-7-20(16)25/h4-13,15,26H,14H2,1-3H3/t15-/m1/s1. The van der Waals surface area contributed by atoms with E-state index in [9.17, 15) is 13.2 Å². The maximum absolute atomic E-state index is 13.2. The van der Waals surface area contributed by atoms with Gasteiger partial charge in [-0.3, -0.25) is 9.36 Å². The van der Waals surface area contributed by atoms with Crippen LogP contribution >= 0.6 is 22.9 Å². The van der Waals surface area contributed by atoms with Crippen LogP contribution in [-0.4, -0.2) is 27.2 Å². The largest absolute Gasteiger partial charge is 0.497 e. The SMILES string of the molecule is COc1ccc(OC)c([C@@H](C)NS(=O)(=O)c2ccc3c(c2)sc(=O)n3Cc2ccccc2Cl)c1. The topological polar surface area (TPSA) is 86.6 Å². The summed E-state index contributed by atoms with van der Waals surface area (Å²) in [7, 11) is -0.821. The Labute approximate surface area is 206 Å². The molecule has 1 heterocycles. The summed E-state index contributed by atoms with van der Waals surface area (Å²) in [6.45, 7) is 2.03. The molecule has 178 valence electrons. The molecule has 1 N–H and O–H groups in total. The number of nitrogens with one attached hydrogen (secondary N) is 1. The minimum atomic E-state index is -3.88. The Balaban J connectivity index is 1.65. The molecular formula is C24H23ClN2O5S2. The van der Waals surface area contributed by atoms with Crippen molar-refractivity contribution in [3.05, 3.63) is 86.5 Å². The van der Waals surface area contributed by atoms with Gasteiger partial charge in [-0.15, -0.1) is 0 Å². The van der Waals surface area contributed by atoms with Gasteiger partial charge in [0, 0.05) is 16.6 Å². The smallest absolute Gasteiger partial charge is 0.308 e. The van der Waals surface area contributed by atoms with Crippen molar-refractivity contribution in [3.63, 3.8) is 0 Å². The number of ether oxygens (including phenoxy) is 2. The van der Waals surface area contributed by atoms with E-state index in [4.69, 9.17) is 21.1 Å². The van der Waals surface area contributed by atoms with E-state index in [0.717, 1.165) is 16.9 Å². The first kappa shape index (κ1) is 24.3. The van der Waals surface area contributed by atoms with E-state index in [1.54, 1.807) is 48.9 Å².